The first-order valence-electron chi connectivity index (χ1n) is 4.95. The molecule has 0 atom stereocenters. The number of fused-ring (bicyclic) bond motifs is 1. The quantitative estimate of drug-likeness (QED) is 0.465. The van der Waals surface area contributed by atoms with E-state index in [-0.39, 0.29) is 5.15 Å². The monoisotopic (exact) mass is 248 g/mol. The van der Waals surface area contributed by atoms with Gasteiger partial charge < -0.3 is 0 Å². The number of hydrogen-bond donors (Lipinski definition) is 0. The van der Waals surface area contributed by atoms with Crippen LogP contribution < -0.4 is 0 Å². The predicted molar refractivity (Wildman–Crippen MR) is 67.5 cm³/mol. The molecule has 0 aliphatic rings. The molecule has 4 nitrogen and oxygen atoms in total. The first-order valence-corrected chi connectivity index (χ1v) is 5.32. The summed E-state index contributed by atoms with van der Waals surface area (Å²) in [4.78, 5) is 13.9. The largest absolute Gasteiger partial charge is 0.259 e. The minimum atomic E-state index is -0.531. The van der Waals surface area contributed by atoms with Crippen molar-refractivity contribution in [2.45, 2.75) is 6.92 Å². The number of pyridine rings is 1. The third-order valence-electron chi connectivity index (χ3n) is 2.33. The minimum absolute atomic E-state index is 0.263. The maximum atomic E-state index is 10.3. The number of benzene rings is 1. The Morgan fingerprint density at radius 2 is 2.18 bits per heavy atom. The average molecular weight is 249 g/mol. The maximum Gasteiger partial charge on any atom is 0.235 e. The number of nitrogens with zero attached hydrogens (tertiary/aromatic N) is 2. The van der Waals surface area contributed by atoms with Crippen LogP contribution in [-0.4, -0.2) is 9.91 Å². The summed E-state index contributed by atoms with van der Waals surface area (Å²) in [6.07, 6.45) is 2.20. The van der Waals surface area contributed by atoms with Gasteiger partial charge in [-0.1, -0.05) is 23.2 Å². The molecule has 0 aliphatic heterocycles. The molecule has 1 aromatic carbocycles. The smallest absolute Gasteiger partial charge is 0.235 e. The molecule has 0 radical (unpaired) electrons. The van der Waals surface area contributed by atoms with Gasteiger partial charge in [-0.15, -0.1) is 0 Å². The molecule has 0 bridgehead atoms. The molecule has 5 heteroatoms. The van der Waals surface area contributed by atoms with E-state index in [2.05, 4.69) is 4.98 Å². The molecule has 0 saturated carbocycles. The number of halogens is 1. The molecule has 0 spiro atoms. The summed E-state index contributed by atoms with van der Waals surface area (Å²) >= 11 is 5.94. The highest BCUT2D eigenvalue weighted by Gasteiger charge is 2.03. The topological polar surface area (TPSA) is 56.0 Å². The number of aryl methyl sites for hydroxylation is 1. The Labute approximate surface area is 103 Å². The van der Waals surface area contributed by atoms with Gasteiger partial charge in [0.15, 0.2) is 0 Å². The molecule has 1 aromatic heterocycles. The fourth-order valence-corrected chi connectivity index (χ4v) is 1.76. The van der Waals surface area contributed by atoms with Crippen molar-refractivity contribution < 1.29 is 4.92 Å². The normalized spacial score (nSPS) is 11.2. The van der Waals surface area contributed by atoms with Gasteiger partial charge in [-0.2, -0.15) is 0 Å². The highest BCUT2D eigenvalue weighted by atomic mass is 35.5. The fourth-order valence-electron chi connectivity index (χ4n) is 1.55. The van der Waals surface area contributed by atoms with Gasteiger partial charge in [-0.3, -0.25) is 10.1 Å². The van der Waals surface area contributed by atoms with Crippen LogP contribution in [0.4, 0.5) is 0 Å². The Hall–Kier alpha value is -1.94. The van der Waals surface area contributed by atoms with Crippen molar-refractivity contribution in [2.24, 2.45) is 0 Å². The highest BCUT2D eigenvalue weighted by Crippen LogP contribution is 2.22. The van der Waals surface area contributed by atoms with Crippen LogP contribution in [0.1, 0.15) is 11.1 Å². The van der Waals surface area contributed by atoms with Gasteiger partial charge in [-0.25, -0.2) is 4.98 Å². The standard InChI is InChI=1S/C12H9ClN2O2/c1-8-2-3-11-10(6-8)7-9(12(13)14-11)4-5-15(16)17/h2-7H,1H3/b5-4+. The Balaban J connectivity index is 2.57. The average Bonchev–Trinajstić information content (AvgIpc) is 2.26. The van der Waals surface area contributed by atoms with E-state index < -0.39 is 4.92 Å². The lowest BCUT2D eigenvalue weighted by Crippen LogP contribution is -1.87. The third-order valence-corrected chi connectivity index (χ3v) is 2.63. The molecule has 2 rings (SSSR count). The molecule has 17 heavy (non-hydrogen) atoms. The Morgan fingerprint density at radius 1 is 1.41 bits per heavy atom. The van der Waals surface area contributed by atoms with Crippen molar-refractivity contribution in [3.63, 3.8) is 0 Å². The summed E-state index contributed by atoms with van der Waals surface area (Å²) in [5.74, 6) is 0. The second-order valence-corrected chi connectivity index (χ2v) is 4.02. The van der Waals surface area contributed by atoms with Gasteiger partial charge >= 0.3 is 0 Å². The molecule has 1 heterocycles. The molecule has 0 aliphatic carbocycles. The van der Waals surface area contributed by atoms with Crippen LogP contribution >= 0.6 is 11.6 Å². The van der Waals surface area contributed by atoms with Crippen molar-refractivity contribution in [1.29, 1.82) is 0 Å². The van der Waals surface area contributed by atoms with Crippen molar-refractivity contribution in [3.05, 3.63) is 56.9 Å². The van der Waals surface area contributed by atoms with Crippen molar-refractivity contribution in [2.75, 3.05) is 0 Å². The van der Waals surface area contributed by atoms with E-state index >= 15 is 0 Å². The fraction of sp³-hybridized carbons (Fsp3) is 0.0833. The first kappa shape index (κ1) is 11.5. The van der Waals surface area contributed by atoms with Crippen LogP contribution in [0, 0.1) is 17.0 Å². The second-order valence-electron chi connectivity index (χ2n) is 3.67. The van der Waals surface area contributed by atoms with Gasteiger partial charge in [0, 0.05) is 17.0 Å². The summed E-state index contributed by atoms with van der Waals surface area (Å²) in [5.41, 5.74) is 2.42. The highest BCUT2D eigenvalue weighted by molar-refractivity contribution is 6.31. The van der Waals surface area contributed by atoms with E-state index in [1.807, 2.05) is 25.1 Å². The molecule has 0 amide bonds. The van der Waals surface area contributed by atoms with E-state index in [1.165, 1.54) is 6.08 Å². The van der Waals surface area contributed by atoms with Crippen molar-refractivity contribution >= 4 is 28.6 Å². The summed E-state index contributed by atoms with van der Waals surface area (Å²) < 4.78 is 0. The summed E-state index contributed by atoms with van der Waals surface area (Å²) in [6, 6.07) is 7.57. The number of nitro groups is 1. The Bertz CT molecular complexity index is 623. The summed E-state index contributed by atoms with van der Waals surface area (Å²) in [5, 5.41) is 11.4. The number of hydrogen-bond acceptors (Lipinski definition) is 3. The van der Waals surface area contributed by atoms with Gasteiger partial charge in [0.05, 0.1) is 10.4 Å². The lowest BCUT2D eigenvalue weighted by molar-refractivity contribution is -0.400. The Kier molecular flexibility index (Phi) is 3.06. The zero-order valence-electron chi connectivity index (χ0n) is 9.05. The minimum Gasteiger partial charge on any atom is -0.259 e. The van der Waals surface area contributed by atoms with E-state index in [0.29, 0.717) is 5.56 Å². The van der Waals surface area contributed by atoms with Gasteiger partial charge in [0.2, 0.25) is 6.20 Å². The molecular weight excluding hydrogens is 240 g/mol. The molecule has 0 fully saturated rings. The lowest BCUT2D eigenvalue weighted by atomic mass is 10.1. The van der Waals surface area contributed by atoms with E-state index in [4.69, 9.17) is 11.6 Å². The van der Waals surface area contributed by atoms with E-state index in [9.17, 15) is 10.1 Å². The van der Waals surface area contributed by atoms with Crippen LogP contribution in [0.3, 0.4) is 0 Å². The third kappa shape index (κ3) is 2.60. The summed E-state index contributed by atoms with van der Waals surface area (Å²) in [7, 11) is 0. The summed E-state index contributed by atoms with van der Waals surface area (Å²) in [6.45, 7) is 1.97. The Morgan fingerprint density at radius 3 is 2.88 bits per heavy atom. The van der Waals surface area contributed by atoms with Gasteiger partial charge in [0.1, 0.15) is 5.15 Å². The number of aromatic nitrogens is 1. The molecule has 86 valence electrons. The van der Waals surface area contributed by atoms with Gasteiger partial charge in [-0.05, 0) is 25.1 Å². The molecule has 0 N–H and O–H groups in total. The van der Waals surface area contributed by atoms with E-state index in [1.54, 1.807) is 6.07 Å². The zero-order valence-corrected chi connectivity index (χ0v) is 9.81. The van der Waals surface area contributed by atoms with Crippen LogP contribution in [0.2, 0.25) is 5.15 Å². The van der Waals surface area contributed by atoms with Crippen molar-refractivity contribution in [3.8, 4) is 0 Å². The van der Waals surface area contributed by atoms with E-state index in [0.717, 1.165) is 22.7 Å². The van der Waals surface area contributed by atoms with Crippen LogP contribution in [0.25, 0.3) is 17.0 Å². The molecule has 0 unspecified atom stereocenters. The predicted octanol–water partition coefficient (Wildman–Crippen LogP) is 3.44. The number of rotatable bonds is 2. The first-order chi connectivity index (χ1) is 8.06. The second kappa shape index (κ2) is 4.51. The molecular formula is C12H9ClN2O2. The SMILES string of the molecule is Cc1ccc2nc(Cl)c(/C=C/[N+](=O)[O-])cc2c1. The van der Waals surface area contributed by atoms with Crippen LogP contribution in [0.15, 0.2) is 30.5 Å². The zero-order chi connectivity index (χ0) is 12.4. The molecule has 0 saturated heterocycles. The van der Waals surface area contributed by atoms with Crippen LogP contribution in [-0.2, 0) is 0 Å². The maximum absolute atomic E-state index is 10.3. The van der Waals surface area contributed by atoms with Crippen LogP contribution in [0.5, 0.6) is 0 Å². The molecule has 2 aromatic rings. The van der Waals surface area contributed by atoms with Crippen molar-refractivity contribution in [1.82, 2.24) is 4.98 Å². The lowest BCUT2D eigenvalue weighted by Gasteiger charge is -2.02. The van der Waals surface area contributed by atoms with Gasteiger partial charge in [0.25, 0.3) is 0 Å².